The first-order valence-electron chi connectivity index (χ1n) is 12.6. The number of hydrogen-bond acceptors (Lipinski definition) is 6. The summed E-state index contributed by atoms with van der Waals surface area (Å²) in [4.78, 5) is 26.7. The van der Waals surface area contributed by atoms with E-state index in [0.717, 1.165) is 60.2 Å². The van der Waals surface area contributed by atoms with E-state index in [-0.39, 0.29) is 11.3 Å². The molecule has 2 aliphatic heterocycles. The molecule has 1 amide bonds. The number of morpholine rings is 1. The third-order valence-corrected chi connectivity index (χ3v) is 7.38. The van der Waals surface area contributed by atoms with Crippen molar-refractivity contribution < 1.29 is 14.3 Å². The molecule has 0 saturated carbocycles. The Morgan fingerprint density at radius 1 is 1.20 bits per heavy atom. The summed E-state index contributed by atoms with van der Waals surface area (Å²) in [6.45, 7) is 11.8. The minimum absolute atomic E-state index is 0.190. The van der Waals surface area contributed by atoms with Gasteiger partial charge in [-0.25, -0.2) is 9.97 Å². The van der Waals surface area contributed by atoms with Crippen LogP contribution >= 0.6 is 11.6 Å². The van der Waals surface area contributed by atoms with E-state index in [1.54, 1.807) is 0 Å². The molecular weight excluding hydrogens is 464 g/mol. The normalized spacial score (nSPS) is 21.3. The second-order valence-corrected chi connectivity index (χ2v) is 10.7. The van der Waals surface area contributed by atoms with Gasteiger partial charge in [0.05, 0.1) is 19.8 Å². The number of hydrogen-bond donors (Lipinski definition) is 0. The second-order valence-electron chi connectivity index (χ2n) is 10.3. The van der Waals surface area contributed by atoms with Crippen molar-refractivity contribution in [1.29, 1.82) is 0 Å². The van der Waals surface area contributed by atoms with Gasteiger partial charge in [0.1, 0.15) is 11.6 Å². The highest BCUT2D eigenvalue weighted by molar-refractivity contribution is 6.31. The first kappa shape index (κ1) is 25.9. The van der Waals surface area contributed by atoms with Crippen molar-refractivity contribution in [2.75, 3.05) is 46.0 Å². The van der Waals surface area contributed by atoms with Crippen LogP contribution in [0.25, 0.3) is 0 Å². The van der Waals surface area contributed by atoms with Crippen LogP contribution in [-0.2, 0) is 16.1 Å². The van der Waals surface area contributed by atoms with E-state index in [9.17, 15) is 4.79 Å². The zero-order valence-corrected chi connectivity index (χ0v) is 21.9. The number of benzene rings is 1. The molecule has 0 radical (unpaired) electrons. The molecule has 190 valence electrons. The Morgan fingerprint density at radius 2 is 1.94 bits per heavy atom. The number of piperidine rings is 1. The van der Waals surface area contributed by atoms with Crippen LogP contribution in [0.2, 0.25) is 5.02 Å². The van der Waals surface area contributed by atoms with Crippen molar-refractivity contribution in [2.24, 2.45) is 5.41 Å². The summed E-state index contributed by atoms with van der Waals surface area (Å²) >= 11 is 6.20. The minimum atomic E-state index is -0.264. The quantitative estimate of drug-likeness (QED) is 0.532. The molecule has 1 aromatic carbocycles. The van der Waals surface area contributed by atoms with E-state index < -0.39 is 0 Å². The zero-order valence-electron chi connectivity index (χ0n) is 21.1. The Hall–Kier alpha value is -2.22. The lowest BCUT2D eigenvalue weighted by molar-refractivity contribution is -0.139. The van der Waals surface area contributed by atoms with Crippen molar-refractivity contribution >= 4 is 17.5 Å². The van der Waals surface area contributed by atoms with Crippen LogP contribution in [0.5, 0.6) is 5.75 Å². The molecule has 2 saturated heterocycles. The maximum Gasteiger partial charge on any atom is 0.223 e. The molecule has 0 spiro atoms. The molecule has 1 atom stereocenters. The molecular formula is C27H37ClN4O3. The molecule has 0 N–H and O–H groups in total. The number of aromatic nitrogens is 2. The highest BCUT2D eigenvalue weighted by atomic mass is 35.5. The molecule has 35 heavy (non-hydrogen) atoms. The monoisotopic (exact) mass is 500 g/mol. The van der Waals surface area contributed by atoms with E-state index in [1.165, 1.54) is 0 Å². The smallest absolute Gasteiger partial charge is 0.223 e. The third kappa shape index (κ3) is 6.93. The number of nitrogens with zero attached hydrogens (tertiary/aromatic N) is 4. The molecule has 2 aromatic rings. The lowest BCUT2D eigenvalue weighted by atomic mass is 9.77. The number of amides is 1. The van der Waals surface area contributed by atoms with E-state index in [1.807, 2.05) is 42.4 Å². The summed E-state index contributed by atoms with van der Waals surface area (Å²) in [5.74, 6) is 2.16. The molecule has 4 rings (SSSR count). The Labute approximate surface area is 213 Å². The zero-order chi connectivity index (χ0) is 24.8. The van der Waals surface area contributed by atoms with Crippen LogP contribution in [0.3, 0.4) is 0 Å². The van der Waals surface area contributed by atoms with Crippen molar-refractivity contribution in [3.63, 3.8) is 0 Å². The predicted molar refractivity (Wildman–Crippen MR) is 137 cm³/mol. The second kappa shape index (κ2) is 11.7. The Bertz CT molecular complexity index is 994. The molecule has 2 fully saturated rings. The van der Waals surface area contributed by atoms with Gasteiger partial charge >= 0.3 is 0 Å². The van der Waals surface area contributed by atoms with Crippen LogP contribution in [0.15, 0.2) is 30.6 Å². The number of likely N-dealkylation sites (tertiary alicyclic amines) is 1. The molecule has 0 bridgehead atoms. The molecule has 3 heterocycles. The van der Waals surface area contributed by atoms with E-state index in [2.05, 4.69) is 28.7 Å². The largest absolute Gasteiger partial charge is 0.493 e. The summed E-state index contributed by atoms with van der Waals surface area (Å²) in [7, 11) is 0. The lowest BCUT2D eigenvalue weighted by Crippen LogP contribution is -2.50. The highest BCUT2D eigenvalue weighted by Crippen LogP contribution is 2.36. The van der Waals surface area contributed by atoms with Gasteiger partial charge in [-0.1, -0.05) is 25.4 Å². The maximum atomic E-state index is 13.3. The summed E-state index contributed by atoms with van der Waals surface area (Å²) in [5.41, 5.74) is 1.82. The highest BCUT2D eigenvalue weighted by Gasteiger charge is 2.39. The number of halogens is 1. The fourth-order valence-corrected chi connectivity index (χ4v) is 5.07. The van der Waals surface area contributed by atoms with Crippen LogP contribution in [0.1, 0.15) is 56.0 Å². The van der Waals surface area contributed by atoms with Gasteiger partial charge in [-0.15, -0.1) is 0 Å². The fraction of sp³-hybridized carbons (Fsp3) is 0.593. The van der Waals surface area contributed by atoms with Gasteiger partial charge < -0.3 is 14.4 Å². The topological polar surface area (TPSA) is 67.8 Å². The van der Waals surface area contributed by atoms with Gasteiger partial charge in [-0.3, -0.25) is 9.69 Å². The summed E-state index contributed by atoms with van der Waals surface area (Å²) in [6.07, 6.45) is 6.31. The average molecular weight is 501 g/mol. The predicted octanol–water partition coefficient (Wildman–Crippen LogP) is 4.47. The van der Waals surface area contributed by atoms with Crippen molar-refractivity contribution in [3.05, 3.63) is 52.6 Å². The van der Waals surface area contributed by atoms with Gasteiger partial charge in [0.2, 0.25) is 5.91 Å². The van der Waals surface area contributed by atoms with Crippen molar-refractivity contribution in [1.82, 2.24) is 19.8 Å². The minimum Gasteiger partial charge on any atom is -0.493 e. The summed E-state index contributed by atoms with van der Waals surface area (Å²) < 4.78 is 11.8. The summed E-state index contributed by atoms with van der Waals surface area (Å²) in [5, 5.41) is 0.726. The summed E-state index contributed by atoms with van der Waals surface area (Å²) in [6, 6.07) is 5.74. The van der Waals surface area contributed by atoms with Crippen molar-refractivity contribution in [2.45, 2.75) is 52.5 Å². The molecule has 0 aliphatic carbocycles. The van der Waals surface area contributed by atoms with Gasteiger partial charge in [-0.05, 0) is 50.1 Å². The van der Waals surface area contributed by atoms with Crippen LogP contribution in [0, 0.1) is 12.3 Å². The van der Waals surface area contributed by atoms with E-state index in [0.29, 0.717) is 45.2 Å². The number of ether oxygens (including phenoxy) is 2. The van der Waals surface area contributed by atoms with Crippen LogP contribution < -0.4 is 4.74 Å². The molecule has 8 heteroatoms. The average Bonchev–Trinajstić information content (AvgIpc) is 2.86. The van der Waals surface area contributed by atoms with Crippen LogP contribution in [0.4, 0.5) is 0 Å². The standard InChI is InChI=1S/C27H37ClN4O3/c1-20(2)26-29-15-22(16-30-26)17-31-8-4-7-27(18-31,14-25(33)32-9-11-34-12-10-32)19-35-23-5-6-24(28)21(3)13-23/h5-6,13,15-16,20H,4,7-12,14,17-19H2,1-3H3/t27-/m0/s1. The number of rotatable bonds is 8. The number of carbonyl (C=O) groups excluding carboxylic acids is 1. The molecule has 0 unspecified atom stereocenters. The van der Waals surface area contributed by atoms with E-state index in [4.69, 9.17) is 21.1 Å². The molecule has 2 aliphatic rings. The Balaban J connectivity index is 1.48. The first-order valence-corrected chi connectivity index (χ1v) is 13.0. The fourth-order valence-electron chi connectivity index (χ4n) is 4.95. The van der Waals surface area contributed by atoms with Gasteiger partial charge in [-0.2, -0.15) is 0 Å². The van der Waals surface area contributed by atoms with Gasteiger partial charge in [0.15, 0.2) is 0 Å². The number of aryl methyl sites for hydroxylation is 1. The van der Waals surface area contributed by atoms with Gasteiger partial charge in [0.25, 0.3) is 0 Å². The van der Waals surface area contributed by atoms with Crippen LogP contribution in [-0.4, -0.2) is 71.7 Å². The first-order chi connectivity index (χ1) is 16.8. The Kier molecular flexibility index (Phi) is 8.63. The number of carbonyl (C=O) groups is 1. The SMILES string of the molecule is Cc1cc(OC[C@]2(CC(=O)N3CCOCC3)CCCN(Cc3cnc(C(C)C)nc3)C2)ccc1Cl. The van der Waals surface area contributed by atoms with E-state index >= 15 is 0 Å². The third-order valence-electron chi connectivity index (χ3n) is 6.95. The molecule has 7 nitrogen and oxygen atoms in total. The van der Waals surface area contributed by atoms with Crippen molar-refractivity contribution in [3.8, 4) is 5.75 Å². The van der Waals surface area contributed by atoms with Gasteiger partial charge in [0, 0.05) is 66.9 Å². The maximum absolute atomic E-state index is 13.3. The molecule has 1 aromatic heterocycles. The Morgan fingerprint density at radius 3 is 2.63 bits per heavy atom. The lowest BCUT2D eigenvalue weighted by Gasteiger charge is -2.43.